The number of nitrogens with one attached hydrogen (secondary N) is 1. The maximum absolute atomic E-state index is 13.0. The number of hydrogen-bond acceptors (Lipinski definition) is 6. The topological polar surface area (TPSA) is 102 Å². The van der Waals surface area contributed by atoms with Crippen molar-refractivity contribution in [3.8, 4) is 0 Å². The molecule has 11 heteroatoms. The number of nitrogens with zero attached hydrogens (tertiary/aromatic N) is 1. The lowest BCUT2D eigenvalue weighted by molar-refractivity contribution is -0.151. The van der Waals surface area contributed by atoms with Gasteiger partial charge in [0.1, 0.15) is 0 Å². The summed E-state index contributed by atoms with van der Waals surface area (Å²) < 4.78 is 48.9. The van der Waals surface area contributed by atoms with Gasteiger partial charge in [-0.3, -0.25) is 14.4 Å². The smallest absolute Gasteiger partial charge is 0.418 e. The molecular formula is C23H21F3N2O6. The van der Waals surface area contributed by atoms with Gasteiger partial charge in [0.15, 0.2) is 6.61 Å². The first-order valence-electron chi connectivity index (χ1n) is 10.3. The lowest BCUT2D eigenvalue weighted by Gasteiger charge is -2.17. The summed E-state index contributed by atoms with van der Waals surface area (Å²) in [6, 6.07) is 10.5. The Hall–Kier alpha value is -3.89. The molecule has 1 aliphatic heterocycles. The lowest BCUT2D eigenvalue weighted by Crippen LogP contribution is -2.28. The first kappa shape index (κ1) is 24.7. The zero-order valence-corrected chi connectivity index (χ0v) is 18.1. The van der Waals surface area contributed by atoms with Crippen LogP contribution in [0.15, 0.2) is 48.5 Å². The Morgan fingerprint density at radius 1 is 1.06 bits per heavy atom. The summed E-state index contributed by atoms with van der Waals surface area (Å²) in [6.07, 6.45) is -4.82. The van der Waals surface area contributed by atoms with Crippen molar-refractivity contribution < 1.29 is 41.8 Å². The average molecular weight is 478 g/mol. The van der Waals surface area contributed by atoms with Gasteiger partial charge < -0.3 is 19.7 Å². The fourth-order valence-corrected chi connectivity index (χ4v) is 3.39. The van der Waals surface area contributed by atoms with Gasteiger partial charge in [0.05, 0.1) is 29.3 Å². The number of para-hydroxylation sites is 1. The van der Waals surface area contributed by atoms with Gasteiger partial charge >= 0.3 is 18.1 Å². The second-order valence-corrected chi connectivity index (χ2v) is 7.37. The number of hydrogen-bond donors (Lipinski definition) is 1. The molecule has 0 radical (unpaired) electrons. The van der Waals surface area contributed by atoms with Crippen LogP contribution in [0.5, 0.6) is 0 Å². The van der Waals surface area contributed by atoms with E-state index in [9.17, 15) is 32.3 Å². The molecule has 0 unspecified atom stereocenters. The van der Waals surface area contributed by atoms with E-state index in [1.54, 1.807) is 19.1 Å². The maximum Gasteiger partial charge on any atom is 0.418 e. The fraction of sp³-hybridized carbons (Fsp3) is 0.304. The van der Waals surface area contributed by atoms with Gasteiger partial charge in [-0.25, -0.2) is 4.79 Å². The molecule has 0 bridgehead atoms. The summed E-state index contributed by atoms with van der Waals surface area (Å²) in [6.45, 7) is 1.10. The first-order valence-corrected chi connectivity index (χ1v) is 10.3. The molecule has 180 valence electrons. The van der Waals surface area contributed by atoms with E-state index >= 15 is 0 Å². The maximum atomic E-state index is 13.0. The highest BCUT2D eigenvalue weighted by Gasteiger charge is 2.37. The van der Waals surface area contributed by atoms with E-state index in [0.29, 0.717) is 11.3 Å². The normalized spacial score (nSPS) is 15.7. The monoisotopic (exact) mass is 478 g/mol. The van der Waals surface area contributed by atoms with Crippen LogP contribution in [0.1, 0.15) is 29.3 Å². The van der Waals surface area contributed by atoms with Crippen LogP contribution in [0.4, 0.5) is 24.5 Å². The number of anilines is 2. The lowest BCUT2D eigenvalue weighted by atomic mass is 10.1. The van der Waals surface area contributed by atoms with Crippen molar-refractivity contribution >= 4 is 35.1 Å². The number of carbonyl (C=O) groups is 4. The second-order valence-electron chi connectivity index (χ2n) is 7.37. The number of benzene rings is 2. The number of rotatable bonds is 7. The van der Waals surface area contributed by atoms with Crippen molar-refractivity contribution in [2.75, 3.05) is 30.0 Å². The van der Waals surface area contributed by atoms with E-state index in [4.69, 9.17) is 9.47 Å². The van der Waals surface area contributed by atoms with Crippen LogP contribution < -0.4 is 10.2 Å². The first-order chi connectivity index (χ1) is 16.1. The van der Waals surface area contributed by atoms with Gasteiger partial charge in [0.2, 0.25) is 5.91 Å². The molecule has 3 rings (SSSR count). The molecule has 0 saturated carbocycles. The number of carbonyl (C=O) groups excluding carboxylic acids is 4. The number of ether oxygens (including phenoxy) is 2. The molecule has 1 atom stereocenters. The Balaban J connectivity index is 1.55. The summed E-state index contributed by atoms with van der Waals surface area (Å²) in [5.41, 5.74) is -0.702. The molecule has 0 aromatic heterocycles. The standard InChI is InChI=1S/C23H21F3N2O6/c1-2-33-21(31)14-7-9-16(10-8-14)28-12-15(11-20(28)30)22(32)34-13-19(29)27-18-6-4-3-5-17(18)23(24,25)26/h3-10,15H,2,11-13H2,1H3,(H,27,29)/t15-/m0/s1. The van der Waals surface area contributed by atoms with Crippen molar-refractivity contribution in [3.05, 3.63) is 59.7 Å². The van der Waals surface area contributed by atoms with Crippen LogP contribution in [0.3, 0.4) is 0 Å². The molecule has 1 aliphatic rings. The van der Waals surface area contributed by atoms with Crippen LogP contribution in [0.2, 0.25) is 0 Å². The quantitative estimate of drug-likeness (QED) is 0.612. The molecule has 1 heterocycles. The molecule has 1 saturated heterocycles. The number of halogens is 3. The highest BCUT2D eigenvalue weighted by Crippen LogP contribution is 2.34. The second kappa shape index (κ2) is 10.4. The number of esters is 2. The van der Waals surface area contributed by atoms with Gasteiger partial charge in [-0.2, -0.15) is 13.2 Å². The van der Waals surface area contributed by atoms with Crippen molar-refractivity contribution in [2.24, 2.45) is 5.92 Å². The van der Waals surface area contributed by atoms with Crippen LogP contribution in [-0.2, 0) is 30.0 Å². The van der Waals surface area contributed by atoms with Crippen molar-refractivity contribution in [3.63, 3.8) is 0 Å². The Morgan fingerprint density at radius 2 is 1.74 bits per heavy atom. The summed E-state index contributed by atoms with van der Waals surface area (Å²) in [5, 5.41) is 2.08. The molecule has 8 nitrogen and oxygen atoms in total. The molecule has 2 amide bonds. The number of amides is 2. The van der Waals surface area contributed by atoms with Gasteiger partial charge in [-0.05, 0) is 43.3 Å². The molecule has 34 heavy (non-hydrogen) atoms. The van der Waals surface area contributed by atoms with Gasteiger partial charge in [0, 0.05) is 18.7 Å². The highest BCUT2D eigenvalue weighted by atomic mass is 19.4. The molecule has 1 N–H and O–H groups in total. The van der Waals surface area contributed by atoms with Crippen molar-refractivity contribution in [1.82, 2.24) is 0 Å². The summed E-state index contributed by atoms with van der Waals surface area (Å²) in [4.78, 5) is 49.8. The molecule has 2 aromatic rings. The minimum Gasteiger partial charge on any atom is -0.462 e. The van der Waals surface area contributed by atoms with Gasteiger partial charge in [-0.15, -0.1) is 0 Å². The van der Waals surface area contributed by atoms with Crippen LogP contribution in [0.25, 0.3) is 0 Å². The van der Waals surface area contributed by atoms with E-state index < -0.39 is 47.8 Å². The van der Waals surface area contributed by atoms with Crippen molar-refractivity contribution in [1.29, 1.82) is 0 Å². The van der Waals surface area contributed by atoms with Crippen LogP contribution in [-0.4, -0.2) is 43.5 Å². The SMILES string of the molecule is CCOC(=O)c1ccc(N2C[C@@H](C(=O)OCC(=O)Nc3ccccc3C(F)(F)F)CC2=O)cc1. The van der Waals surface area contributed by atoms with Gasteiger partial charge in [0.25, 0.3) is 5.91 Å². The Bertz CT molecular complexity index is 1080. The third-order valence-corrected chi connectivity index (χ3v) is 5.00. The van der Waals surface area contributed by atoms with E-state index in [1.807, 2.05) is 0 Å². The largest absolute Gasteiger partial charge is 0.462 e. The van der Waals surface area contributed by atoms with E-state index in [1.165, 1.54) is 29.2 Å². The predicted octanol–water partition coefficient (Wildman–Crippen LogP) is 3.42. The van der Waals surface area contributed by atoms with Crippen LogP contribution >= 0.6 is 0 Å². The Labute approximate surface area is 192 Å². The van der Waals surface area contributed by atoms with E-state index in [0.717, 1.165) is 12.1 Å². The minimum atomic E-state index is -4.66. The van der Waals surface area contributed by atoms with Gasteiger partial charge in [-0.1, -0.05) is 12.1 Å². The third-order valence-electron chi connectivity index (χ3n) is 5.00. The predicted molar refractivity (Wildman–Crippen MR) is 114 cm³/mol. The summed E-state index contributed by atoms with van der Waals surface area (Å²) in [5.74, 6) is -3.47. The van der Waals surface area contributed by atoms with E-state index in [2.05, 4.69) is 5.32 Å². The van der Waals surface area contributed by atoms with E-state index in [-0.39, 0.29) is 25.5 Å². The zero-order valence-electron chi connectivity index (χ0n) is 18.1. The average Bonchev–Trinajstić information content (AvgIpc) is 3.19. The summed E-state index contributed by atoms with van der Waals surface area (Å²) in [7, 11) is 0. The van der Waals surface area contributed by atoms with Crippen LogP contribution in [0, 0.1) is 5.92 Å². The molecule has 2 aromatic carbocycles. The molecule has 1 fully saturated rings. The zero-order chi connectivity index (χ0) is 24.9. The van der Waals surface area contributed by atoms with Crippen molar-refractivity contribution in [2.45, 2.75) is 19.5 Å². The Morgan fingerprint density at radius 3 is 2.38 bits per heavy atom. The fourth-order valence-electron chi connectivity index (χ4n) is 3.39. The highest BCUT2D eigenvalue weighted by molar-refractivity contribution is 6.00. The molecule has 0 spiro atoms. The minimum absolute atomic E-state index is 0.00501. The Kier molecular flexibility index (Phi) is 7.54. The molecular weight excluding hydrogens is 457 g/mol. The number of alkyl halides is 3. The third kappa shape index (κ3) is 5.91. The summed E-state index contributed by atoms with van der Waals surface area (Å²) >= 11 is 0. The molecule has 0 aliphatic carbocycles.